The van der Waals surface area contributed by atoms with E-state index >= 15 is 0 Å². The molecule has 0 unspecified atom stereocenters. The number of carbonyl (C=O) groups is 1. The van der Waals surface area contributed by atoms with Gasteiger partial charge in [-0.3, -0.25) is 14.9 Å². The van der Waals surface area contributed by atoms with Crippen LogP contribution in [0.1, 0.15) is 28.4 Å². The van der Waals surface area contributed by atoms with E-state index in [1.165, 1.54) is 18.2 Å². The van der Waals surface area contributed by atoms with E-state index in [1.54, 1.807) is 33.1 Å². The summed E-state index contributed by atoms with van der Waals surface area (Å²) in [4.78, 5) is 22.4. The van der Waals surface area contributed by atoms with Gasteiger partial charge in [0.2, 0.25) is 0 Å². The van der Waals surface area contributed by atoms with E-state index in [0.29, 0.717) is 16.8 Å². The van der Waals surface area contributed by atoms with Crippen LogP contribution in [0.3, 0.4) is 0 Å². The molecule has 124 valence electrons. The molecule has 1 amide bonds. The molecule has 2 aromatic carbocycles. The summed E-state index contributed by atoms with van der Waals surface area (Å²) in [6.07, 6.45) is 0. The van der Waals surface area contributed by atoms with Crippen molar-refractivity contribution < 1.29 is 14.5 Å². The Bertz CT molecular complexity index is 798. The first-order valence-electron chi connectivity index (χ1n) is 7.16. The van der Waals surface area contributed by atoms with Crippen molar-refractivity contribution in [3.8, 4) is 5.75 Å². The van der Waals surface area contributed by atoms with E-state index in [9.17, 15) is 14.9 Å². The molecule has 2 aromatic rings. The lowest BCUT2D eigenvalue weighted by Crippen LogP contribution is -2.19. The van der Waals surface area contributed by atoms with Crippen LogP contribution in [0.4, 0.5) is 5.69 Å². The summed E-state index contributed by atoms with van der Waals surface area (Å²) >= 11 is 0. The van der Waals surface area contributed by atoms with Gasteiger partial charge in [-0.2, -0.15) is 5.10 Å². The molecule has 0 bridgehead atoms. The standard InChI is InChI=1S/C17H17N3O4/c1-11-10-14(6-9-16(11)20(22)23)17(21)19-18-12(2)13-4-7-15(24-3)8-5-13/h4-10H,1-3H3,(H,19,21)/b18-12+. The van der Waals surface area contributed by atoms with Gasteiger partial charge < -0.3 is 4.74 Å². The zero-order valence-corrected chi connectivity index (χ0v) is 13.6. The van der Waals surface area contributed by atoms with Crippen LogP contribution in [0.25, 0.3) is 0 Å². The van der Waals surface area contributed by atoms with Crippen molar-refractivity contribution in [2.24, 2.45) is 5.10 Å². The molecule has 2 rings (SSSR count). The number of ether oxygens (including phenoxy) is 1. The molecule has 0 atom stereocenters. The van der Waals surface area contributed by atoms with Gasteiger partial charge in [0, 0.05) is 17.2 Å². The minimum atomic E-state index is -0.483. The molecular weight excluding hydrogens is 310 g/mol. The Morgan fingerprint density at radius 2 is 1.79 bits per heavy atom. The Labute approximate surface area is 139 Å². The van der Waals surface area contributed by atoms with Crippen LogP contribution in [0, 0.1) is 17.0 Å². The molecule has 7 heteroatoms. The predicted molar refractivity (Wildman–Crippen MR) is 90.5 cm³/mol. The number of carbonyl (C=O) groups excluding carboxylic acids is 1. The smallest absolute Gasteiger partial charge is 0.272 e. The average Bonchev–Trinajstić information content (AvgIpc) is 2.59. The lowest BCUT2D eigenvalue weighted by molar-refractivity contribution is -0.385. The van der Waals surface area contributed by atoms with E-state index in [0.717, 1.165) is 11.3 Å². The highest BCUT2D eigenvalue weighted by molar-refractivity contribution is 6.01. The van der Waals surface area contributed by atoms with Gasteiger partial charge in [0.1, 0.15) is 5.75 Å². The molecule has 0 aromatic heterocycles. The van der Waals surface area contributed by atoms with Crippen LogP contribution in [0.5, 0.6) is 5.75 Å². The molecule has 24 heavy (non-hydrogen) atoms. The van der Waals surface area contributed by atoms with Gasteiger partial charge in [0.25, 0.3) is 11.6 Å². The minimum absolute atomic E-state index is 0.0236. The second kappa shape index (κ2) is 7.36. The highest BCUT2D eigenvalue weighted by atomic mass is 16.6. The third-order valence-electron chi connectivity index (χ3n) is 3.49. The third-order valence-corrected chi connectivity index (χ3v) is 3.49. The second-order valence-corrected chi connectivity index (χ2v) is 5.13. The number of nitrogens with one attached hydrogen (secondary N) is 1. The number of nitro benzene ring substituents is 1. The van der Waals surface area contributed by atoms with Gasteiger partial charge in [0.05, 0.1) is 17.7 Å². The summed E-state index contributed by atoms with van der Waals surface area (Å²) in [6.45, 7) is 3.35. The van der Waals surface area contributed by atoms with E-state index < -0.39 is 10.8 Å². The molecule has 0 spiro atoms. The van der Waals surface area contributed by atoms with E-state index in [2.05, 4.69) is 10.5 Å². The zero-order chi connectivity index (χ0) is 17.7. The van der Waals surface area contributed by atoms with Crippen LogP contribution < -0.4 is 10.2 Å². The van der Waals surface area contributed by atoms with Crippen molar-refractivity contribution in [2.75, 3.05) is 7.11 Å². The van der Waals surface area contributed by atoms with Gasteiger partial charge in [-0.25, -0.2) is 5.43 Å². The van der Waals surface area contributed by atoms with Crippen LogP contribution in [-0.4, -0.2) is 23.7 Å². The Kier molecular flexibility index (Phi) is 5.26. The molecule has 0 fully saturated rings. The molecule has 0 saturated carbocycles. The first-order chi connectivity index (χ1) is 11.4. The summed E-state index contributed by atoms with van der Waals surface area (Å²) in [5, 5.41) is 14.9. The van der Waals surface area contributed by atoms with Crippen molar-refractivity contribution in [3.05, 3.63) is 69.3 Å². The molecule has 0 aliphatic heterocycles. The molecule has 0 saturated heterocycles. The Morgan fingerprint density at radius 1 is 1.17 bits per heavy atom. The number of amides is 1. The van der Waals surface area contributed by atoms with Crippen molar-refractivity contribution in [2.45, 2.75) is 13.8 Å². The van der Waals surface area contributed by atoms with Crippen LogP contribution in [-0.2, 0) is 0 Å². The summed E-state index contributed by atoms with van der Waals surface area (Å²) in [5.74, 6) is 0.304. The number of nitrogens with zero attached hydrogens (tertiary/aromatic N) is 2. The average molecular weight is 327 g/mol. The monoisotopic (exact) mass is 327 g/mol. The first-order valence-corrected chi connectivity index (χ1v) is 7.16. The zero-order valence-electron chi connectivity index (χ0n) is 13.6. The normalized spacial score (nSPS) is 11.0. The molecular formula is C17H17N3O4. The number of hydrazone groups is 1. The van der Waals surface area contributed by atoms with Gasteiger partial charge in [0.15, 0.2) is 0 Å². The van der Waals surface area contributed by atoms with E-state index in [4.69, 9.17) is 4.74 Å². The summed E-state index contributed by atoms with van der Waals surface area (Å²) in [6, 6.07) is 11.4. The van der Waals surface area contributed by atoms with Crippen molar-refractivity contribution in [1.82, 2.24) is 5.43 Å². The SMILES string of the molecule is COc1ccc(/C(C)=N/NC(=O)c2ccc([N+](=O)[O-])c(C)c2)cc1. The van der Waals surface area contributed by atoms with Crippen molar-refractivity contribution in [3.63, 3.8) is 0 Å². The Hall–Kier alpha value is -3.22. The van der Waals surface area contributed by atoms with Crippen LogP contribution in [0.2, 0.25) is 0 Å². The van der Waals surface area contributed by atoms with Crippen LogP contribution >= 0.6 is 0 Å². The number of benzene rings is 2. The summed E-state index contributed by atoms with van der Waals surface area (Å²) in [5.41, 5.74) is 4.63. The topological polar surface area (TPSA) is 93.8 Å². The molecule has 0 radical (unpaired) electrons. The third kappa shape index (κ3) is 3.95. The fourth-order valence-corrected chi connectivity index (χ4v) is 2.10. The molecule has 7 nitrogen and oxygen atoms in total. The first kappa shape index (κ1) is 17.1. The molecule has 1 N–H and O–H groups in total. The van der Waals surface area contributed by atoms with E-state index in [-0.39, 0.29) is 5.69 Å². The van der Waals surface area contributed by atoms with Gasteiger partial charge in [-0.05, 0) is 55.8 Å². The molecule has 0 heterocycles. The Balaban J connectivity index is 2.11. The predicted octanol–water partition coefficient (Wildman–Crippen LogP) is 3.07. The summed E-state index contributed by atoms with van der Waals surface area (Å²) < 4.78 is 5.09. The lowest BCUT2D eigenvalue weighted by Gasteiger charge is -2.05. The van der Waals surface area contributed by atoms with Crippen molar-refractivity contribution in [1.29, 1.82) is 0 Å². The van der Waals surface area contributed by atoms with Gasteiger partial charge in [-0.15, -0.1) is 0 Å². The van der Waals surface area contributed by atoms with E-state index in [1.807, 2.05) is 12.1 Å². The molecule has 0 aliphatic carbocycles. The van der Waals surface area contributed by atoms with Gasteiger partial charge in [-0.1, -0.05) is 0 Å². The fourth-order valence-electron chi connectivity index (χ4n) is 2.10. The van der Waals surface area contributed by atoms with Crippen LogP contribution in [0.15, 0.2) is 47.6 Å². The maximum Gasteiger partial charge on any atom is 0.272 e. The highest BCUT2D eigenvalue weighted by Gasteiger charge is 2.13. The number of hydrogen-bond donors (Lipinski definition) is 1. The minimum Gasteiger partial charge on any atom is -0.497 e. The maximum absolute atomic E-state index is 12.1. The second-order valence-electron chi connectivity index (χ2n) is 5.13. The largest absolute Gasteiger partial charge is 0.497 e. The summed E-state index contributed by atoms with van der Waals surface area (Å²) in [7, 11) is 1.59. The number of nitro groups is 1. The number of methoxy groups -OCH3 is 1. The number of rotatable bonds is 5. The lowest BCUT2D eigenvalue weighted by atomic mass is 10.1. The highest BCUT2D eigenvalue weighted by Crippen LogP contribution is 2.18. The number of hydrogen-bond acceptors (Lipinski definition) is 5. The quantitative estimate of drug-likeness (QED) is 0.519. The fraction of sp³-hybridized carbons (Fsp3) is 0.176. The Morgan fingerprint density at radius 3 is 2.33 bits per heavy atom. The number of aryl methyl sites for hydroxylation is 1. The van der Waals surface area contributed by atoms with Crippen molar-refractivity contribution >= 4 is 17.3 Å². The molecule has 0 aliphatic rings. The van der Waals surface area contributed by atoms with Gasteiger partial charge >= 0.3 is 0 Å². The maximum atomic E-state index is 12.1.